The van der Waals surface area contributed by atoms with Gasteiger partial charge in [-0.05, 0) is 58.3 Å². The van der Waals surface area contributed by atoms with Crippen LogP contribution in [0.15, 0.2) is 41.7 Å². The highest BCUT2D eigenvalue weighted by Gasteiger charge is 2.21. The summed E-state index contributed by atoms with van der Waals surface area (Å²) in [5.41, 5.74) is 6.42. The summed E-state index contributed by atoms with van der Waals surface area (Å²) in [5.74, 6) is 0. The third-order valence-corrected chi connectivity index (χ3v) is 5.70. The Balaban J connectivity index is 2.02. The van der Waals surface area contributed by atoms with Crippen LogP contribution in [-0.4, -0.2) is 26.3 Å². The van der Waals surface area contributed by atoms with E-state index in [1.54, 1.807) is 6.08 Å². The van der Waals surface area contributed by atoms with Crippen molar-refractivity contribution in [1.82, 2.24) is 19.2 Å². The monoisotopic (exact) mass is 378 g/mol. The molecular formula is C23H30N4O. The zero-order valence-corrected chi connectivity index (χ0v) is 17.8. The van der Waals surface area contributed by atoms with Crippen LogP contribution in [0.5, 0.6) is 0 Å². The van der Waals surface area contributed by atoms with Gasteiger partial charge in [-0.3, -0.25) is 14.4 Å². The summed E-state index contributed by atoms with van der Waals surface area (Å²) in [6, 6.07) is 8.40. The lowest BCUT2D eigenvalue weighted by molar-refractivity contribution is 0.250. The lowest BCUT2D eigenvalue weighted by atomic mass is 10.0. The van der Waals surface area contributed by atoms with Gasteiger partial charge in [0.2, 0.25) is 0 Å². The minimum atomic E-state index is 0.0509. The van der Waals surface area contributed by atoms with Crippen molar-refractivity contribution in [2.45, 2.75) is 46.8 Å². The number of pyridine rings is 1. The first-order valence-corrected chi connectivity index (χ1v) is 9.69. The van der Waals surface area contributed by atoms with E-state index in [0.717, 1.165) is 27.9 Å². The molecule has 0 aliphatic heterocycles. The third-order valence-electron chi connectivity index (χ3n) is 5.70. The van der Waals surface area contributed by atoms with Crippen LogP contribution in [0.3, 0.4) is 0 Å². The Kier molecular flexibility index (Phi) is 5.57. The fourth-order valence-electron chi connectivity index (χ4n) is 4.01. The minimum Gasteiger partial charge on any atom is -0.304 e. The van der Waals surface area contributed by atoms with Crippen LogP contribution in [0.4, 0.5) is 0 Å². The molecule has 0 aliphatic carbocycles. The van der Waals surface area contributed by atoms with E-state index in [1.807, 2.05) is 41.4 Å². The van der Waals surface area contributed by atoms with Crippen LogP contribution in [-0.2, 0) is 20.1 Å². The highest BCUT2D eigenvalue weighted by atomic mass is 16.1. The van der Waals surface area contributed by atoms with Crippen molar-refractivity contribution in [3.05, 3.63) is 75.4 Å². The molecule has 0 N–H and O–H groups in total. The number of aromatic nitrogens is 3. The molecule has 1 aromatic carbocycles. The maximum absolute atomic E-state index is 13.2. The van der Waals surface area contributed by atoms with Crippen LogP contribution in [0.2, 0.25) is 0 Å². The molecule has 5 heteroatoms. The van der Waals surface area contributed by atoms with E-state index in [9.17, 15) is 4.79 Å². The molecule has 3 rings (SSSR count). The van der Waals surface area contributed by atoms with E-state index >= 15 is 0 Å². The molecule has 3 aromatic rings. The maximum Gasteiger partial charge on any atom is 0.255 e. The van der Waals surface area contributed by atoms with Crippen molar-refractivity contribution in [2.75, 3.05) is 7.05 Å². The number of rotatable bonds is 6. The summed E-state index contributed by atoms with van der Waals surface area (Å²) < 4.78 is 3.74. The second kappa shape index (κ2) is 7.76. The van der Waals surface area contributed by atoms with Gasteiger partial charge in [0.05, 0.1) is 11.2 Å². The molecule has 0 spiro atoms. The predicted octanol–water partition coefficient (Wildman–Crippen LogP) is 4.04. The molecule has 1 unspecified atom stereocenters. The maximum atomic E-state index is 13.2. The number of nitrogens with zero attached hydrogens (tertiary/aromatic N) is 4. The average molecular weight is 379 g/mol. The molecule has 0 saturated heterocycles. The van der Waals surface area contributed by atoms with E-state index in [1.165, 1.54) is 11.1 Å². The summed E-state index contributed by atoms with van der Waals surface area (Å²) in [6.45, 7) is 13.3. The average Bonchev–Trinajstić information content (AvgIpc) is 2.89. The lowest BCUT2D eigenvalue weighted by Crippen LogP contribution is -2.30. The van der Waals surface area contributed by atoms with Gasteiger partial charge in [-0.25, -0.2) is 0 Å². The molecule has 0 radical (unpaired) electrons. The largest absolute Gasteiger partial charge is 0.304 e. The zero-order valence-electron chi connectivity index (χ0n) is 17.8. The zero-order chi connectivity index (χ0) is 20.6. The van der Waals surface area contributed by atoms with Gasteiger partial charge >= 0.3 is 0 Å². The summed E-state index contributed by atoms with van der Waals surface area (Å²) in [5, 5.41) is 5.63. The van der Waals surface area contributed by atoms with Crippen LogP contribution < -0.4 is 5.56 Å². The number of aryl methyl sites for hydroxylation is 3. The Bertz CT molecular complexity index is 1090. The second-order valence-electron chi connectivity index (χ2n) is 7.74. The molecule has 0 amide bonds. The molecule has 1 atom stereocenters. The number of hydrogen-bond acceptors (Lipinski definition) is 3. The van der Waals surface area contributed by atoms with Crippen LogP contribution in [0.25, 0.3) is 10.9 Å². The van der Waals surface area contributed by atoms with Gasteiger partial charge in [-0.15, -0.1) is 6.58 Å². The van der Waals surface area contributed by atoms with Crippen molar-refractivity contribution in [1.29, 1.82) is 0 Å². The third kappa shape index (κ3) is 3.54. The van der Waals surface area contributed by atoms with Crippen molar-refractivity contribution in [3.63, 3.8) is 0 Å². The minimum absolute atomic E-state index is 0.0509. The van der Waals surface area contributed by atoms with E-state index < -0.39 is 0 Å². The van der Waals surface area contributed by atoms with Gasteiger partial charge in [-0.2, -0.15) is 5.10 Å². The summed E-state index contributed by atoms with van der Waals surface area (Å²) >= 11 is 0. The Morgan fingerprint density at radius 2 is 1.96 bits per heavy atom. The number of fused-ring (bicyclic) bond motifs is 1. The first-order valence-electron chi connectivity index (χ1n) is 9.69. The molecule has 0 saturated carbocycles. The molecule has 148 valence electrons. The van der Waals surface area contributed by atoms with E-state index in [-0.39, 0.29) is 11.6 Å². The molecule has 28 heavy (non-hydrogen) atoms. The molecule has 0 bridgehead atoms. The highest BCUT2D eigenvalue weighted by Crippen LogP contribution is 2.26. The summed E-state index contributed by atoms with van der Waals surface area (Å²) in [4.78, 5) is 15.4. The fourth-order valence-corrected chi connectivity index (χ4v) is 4.01. The van der Waals surface area contributed by atoms with Crippen molar-refractivity contribution >= 4 is 10.9 Å². The normalized spacial score (nSPS) is 12.7. The molecule has 2 aromatic heterocycles. The van der Waals surface area contributed by atoms with Gasteiger partial charge < -0.3 is 4.57 Å². The SMILES string of the molecule is C=CCn1c(=O)c(CN(C)C(C)c2c(C)nn(C)c2C)cc2cc(C)ccc21. The first kappa shape index (κ1) is 20.1. The first-order chi connectivity index (χ1) is 13.2. The van der Waals surface area contributed by atoms with Gasteiger partial charge in [0.1, 0.15) is 0 Å². The smallest absolute Gasteiger partial charge is 0.255 e. The molecule has 2 heterocycles. The van der Waals surface area contributed by atoms with Gasteiger partial charge in [0.15, 0.2) is 0 Å². The van der Waals surface area contributed by atoms with Gasteiger partial charge in [0, 0.05) is 43.0 Å². The topological polar surface area (TPSA) is 43.1 Å². The molecular weight excluding hydrogens is 348 g/mol. The summed E-state index contributed by atoms with van der Waals surface area (Å²) in [6.07, 6.45) is 1.78. The fraction of sp³-hybridized carbons (Fsp3) is 0.391. The van der Waals surface area contributed by atoms with Gasteiger partial charge in [-0.1, -0.05) is 17.7 Å². The Morgan fingerprint density at radius 1 is 1.25 bits per heavy atom. The Morgan fingerprint density at radius 3 is 2.57 bits per heavy atom. The molecule has 5 nitrogen and oxygen atoms in total. The Hall–Kier alpha value is -2.66. The second-order valence-corrected chi connectivity index (χ2v) is 7.74. The van der Waals surface area contributed by atoms with E-state index in [0.29, 0.717) is 13.1 Å². The van der Waals surface area contributed by atoms with Crippen LogP contribution >= 0.6 is 0 Å². The number of allylic oxidation sites excluding steroid dienone is 1. The van der Waals surface area contributed by atoms with Gasteiger partial charge in [0.25, 0.3) is 5.56 Å². The van der Waals surface area contributed by atoms with Crippen molar-refractivity contribution < 1.29 is 0 Å². The molecule has 0 fully saturated rings. The number of benzene rings is 1. The predicted molar refractivity (Wildman–Crippen MR) is 116 cm³/mol. The number of hydrogen-bond donors (Lipinski definition) is 0. The lowest BCUT2D eigenvalue weighted by Gasteiger charge is -2.25. The molecule has 0 aliphatic rings. The van der Waals surface area contributed by atoms with Crippen molar-refractivity contribution in [2.24, 2.45) is 7.05 Å². The van der Waals surface area contributed by atoms with E-state index in [4.69, 9.17) is 0 Å². The van der Waals surface area contributed by atoms with Crippen molar-refractivity contribution in [3.8, 4) is 0 Å². The van der Waals surface area contributed by atoms with E-state index in [2.05, 4.69) is 50.5 Å². The van der Waals surface area contributed by atoms with Crippen LogP contribution in [0.1, 0.15) is 41.0 Å². The Labute approximate surface area is 166 Å². The quantitative estimate of drug-likeness (QED) is 0.608. The standard InChI is InChI=1S/C23H30N4O/c1-8-11-27-21-10-9-15(2)12-19(21)13-20(23(27)28)14-25(6)17(4)22-16(3)24-26(7)18(22)5/h8-10,12-13,17H,1,11,14H2,2-7H3. The highest BCUT2D eigenvalue weighted by molar-refractivity contribution is 5.80. The van der Waals surface area contributed by atoms with Crippen LogP contribution in [0, 0.1) is 20.8 Å². The summed E-state index contributed by atoms with van der Waals surface area (Å²) in [7, 11) is 4.03.